The molecule has 2 heterocycles. The minimum atomic E-state index is -0.0752. The van der Waals surface area contributed by atoms with Crippen LogP contribution < -0.4 is 5.32 Å². The van der Waals surface area contributed by atoms with Gasteiger partial charge in [0.05, 0.1) is 18.3 Å². The first-order valence-corrected chi connectivity index (χ1v) is 8.62. The Labute approximate surface area is 152 Å². The van der Waals surface area contributed by atoms with Crippen molar-refractivity contribution in [1.82, 2.24) is 25.2 Å². The van der Waals surface area contributed by atoms with Crippen molar-refractivity contribution in [3.8, 4) is 11.5 Å². The van der Waals surface area contributed by atoms with E-state index in [1.165, 1.54) is 0 Å². The van der Waals surface area contributed by atoms with Crippen LogP contribution in [-0.4, -0.2) is 25.8 Å². The Balaban J connectivity index is 1.56. The number of benzene rings is 1. The molecule has 3 aromatic rings. The first kappa shape index (κ1) is 17.8. The molecule has 3 rings (SSSR count). The summed E-state index contributed by atoms with van der Waals surface area (Å²) < 4.78 is 7.15. The molecule has 1 N–H and O–H groups in total. The number of nitrogens with zero attached hydrogens (tertiary/aromatic N) is 4. The van der Waals surface area contributed by atoms with E-state index in [1.807, 2.05) is 62.7 Å². The Kier molecular flexibility index (Phi) is 5.16. The van der Waals surface area contributed by atoms with Crippen LogP contribution >= 0.6 is 0 Å². The molecule has 7 nitrogen and oxygen atoms in total. The van der Waals surface area contributed by atoms with Crippen molar-refractivity contribution in [2.75, 3.05) is 0 Å². The first-order chi connectivity index (χ1) is 12.5. The van der Waals surface area contributed by atoms with Gasteiger partial charge in [0.15, 0.2) is 5.82 Å². The summed E-state index contributed by atoms with van der Waals surface area (Å²) in [4.78, 5) is 16.6. The fourth-order valence-corrected chi connectivity index (χ4v) is 2.80. The van der Waals surface area contributed by atoms with Crippen LogP contribution in [0.2, 0.25) is 0 Å². The van der Waals surface area contributed by atoms with E-state index in [4.69, 9.17) is 4.52 Å². The lowest BCUT2D eigenvalue weighted by Gasteiger charge is -2.14. The Morgan fingerprint density at radius 2 is 1.96 bits per heavy atom. The number of rotatable bonds is 6. The summed E-state index contributed by atoms with van der Waals surface area (Å²) in [6.45, 7) is 8.26. The van der Waals surface area contributed by atoms with Crippen molar-refractivity contribution in [3.63, 3.8) is 0 Å². The molecule has 1 amide bonds. The van der Waals surface area contributed by atoms with Gasteiger partial charge in [-0.15, -0.1) is 0 Å². The van der Waals surface area contributed by atoms with Gasteiger partial charge >= 0.3 is 0 Å². The summed E-state index contributed by atoms with van der Waals surface area (Å²) in [5.41, 5.74) is 4.10. The van der Waals surface area contributed by atoms with E-state index >= 15 is 0 Å². The third-order valence-corrected chi connectivity index (χ3v) is 4.52. The van der Waals surface area contributed by atoms with Crippen LogP contribution in [0.1, 0.15) is 42.2 Å². The van der Waals surface area contributed by atoms with Gasteiger partial charge in [0.25, 0.3) is 5.89 Å². The number of amides is 1. The molecule has 0 aliphatic carbocycles. The van der Waals surface area contributed by atoms with Gasteiger partial charge in [0, 0.05) is 17.7 Å². The topological polar surface area (TPSA) is 85.8 Å². The molecule has 1 aromatic carbocycles. The molecule has 0 saturated heterocycles. The molecule has 136 valence electrons. The zero-order valence-electron chi connectivity index (χ0n) is 15.5. The van der Waals surface area contributed by atoms with Crippen LogP contribution in [0.15, 0.2) is 34.9 Å². The average molecular weight is 353 g/mol. The van der Waals surface area contributed by atoms with Gasteiger partial charge in [-0.25, -0.2) is 0 Å². The minimum Gasteiger partial charge on any atom is -0.349 e. The van der Waals surface area contributed by atoms with Crippen LogP contribution in [0, 0.1) is 20.8 Å². The highest BCUT2D eigenvalue weighted by Gasteiger charge is 2.17. The highest BCUT2D eigenvalue weighted by Crippen LogP contribution is 2.19. The number of nitrogens with one attached hydrogen (secondary N) is 1. The number of aromatic nitrogens is 4. The summed E-state index contributed by atoms with van der Waals surface area (Å²) in [7, 11) is 0. The molecule has 0 aliphatic heterocycles. The maximum absolute atomic E-state index is 12.2. The summed E-state index contributed by atoms with van der Waals surface area (Å²) >= 11 is 0. The van der Waals surface area contributed by atoms with E-state index < -0.39 is 0 Å². The van der Waals surface area contributed by atoms with Crippen LogP contribution in [0.25, 0.3) is 11.5 Å². The number of hydrogen-bond acceptors (Lipinski definition) is 5. The second-order valence-corrected chi connectivity index (χ2v) is 6.45. The van der Waals surface area contributed by atoms with Crippen molar-refractivity contribution >= 4 is 5.91 Å². The Morgan fingerprint density at radius 1 is 1.23 bits per heavy atom. The summed E-state index contributed by atoms with van der Waals surface area (Å²) in [5.74, 6) is 0.821. The standard InChI is InChI=1S/C19H23N5O2/c1-12(24-15(4)13(2)14(3)22-24)10-18(25)20-11-17-21-19(26-23-17)16-8-6-5-7-9-16/h5-9,12H,10-11H2,1-4H3,(H,20,25). The maximum atomic E-state index is 12.2. The van der Waals surface area contributed by atoms with Gasteiger partial charge in [-0.1, -0.05) is 23.4 Å². The normalized spacial score (nSPS) is 12.2. The Bertz CT molecular complexity index is 898. The van der Waals surface area contributed by atoms with Crippen molar-refractivity contribution < 1.29 is 9.32 Å². The van der Waals surface area contributed by atoms with Crippen molar-refractivity contribution in [2.24, 2.45) is 0 Å². The van der Waals surface area contributed by atoms with Crippen LogP contribution in [-0.2, 0) is 11.3 Å². The average Bonchev–Trinajstić information content (AvgIpc) is 3.21. The van der Waals surface area contributed by atoms with Gasteiger partial charge < -0.3 is 9.84 Å². The second kappa shape index (κ2) is 7.51. The fraction of sp³-hybridized carbons (Fsp3) is 0.368. The predicted molar refractivity (Wildman–Crippen MR) is 97.3 cm³/mol. The third-order valence-electron chi connectivity index (χ3n) is 4.52. The lowest BCUT2D eigenvalue weighted by molar-refractivity contribution is -0.122. The number of carbonyl (C=O) groups excluding carboxylic acids is 1. The SMILES string of the molecule is Cc1nn(C(C)CC(=O)NCc2noc(-c3ccccc3)n2)c(C)c1C. The lowest BCUT2D eigenvalue weighted by atomic mass is 10.2. The molecule has 2 aromatic heterocycles. The van der Waals surface area contributed by atoms with Crippen LogP contribution in [0.4, 0.5) is 0 Å². The minimum absolute atomic E-state index is 0.0208. The van der Waals surface area contributed by atoms with Crippen molar-refractivity contribution in [3.05, 3.63) is 53.1 Å². The zero-order chi connectivity index (χ0) is 18.7. The third kappa shape index (κ3) is 3.82. The Morgan fingerprint density at radius 3 is 2.62 bits per heavy atom. The number of aryl methyl sites for hydroxylation is 1. The molecule has 26 heavy (non-hydrogen) atoms. The molecule has 0 fully saturated rings. The zero-order valence-corrected chi connectivity index (χ0v) is 15.5. The molecule has 1 atom stereocenters. The first-order valence-electron chi connectivity index (χ1n) is 8.62. The fourth-order valence-electron chi connectivity index (χ4n) is 2.80. The predicted octanol–water partition coefficient (Wildman–Crippen LogP) is 3.13. The molecular weight excluding hydrogens is 330 g/mol. The smallest absolute Gasteiger partial charge is 0.257 e. The highest BCUT2D eigenvalue weighted by molar-refractivity contribution is 5.76. The summed E-state index contributed by atoms with van der Waals surface area (Å²) in [6.07, 6.45) is 0.338. The van der Waals surface area contributed by atoms with E-state index in [9.17, 15) is 4.79 Å². The van der Waals surface area contributed by atoms with E-state index in [-0.39, 0.29) is 18.5 Å². The van der Waals surface area contributed by atoms with Crippen LogP contribution in [0.5, 0.6) is 0 Å². The molecular formula is C19H23N5O2. The molecule has 0 aliphatic rings. The molecule has 0 bridgehead atoms. The second-order valence-electron chi connectivity index (χ2n) is 6.45. The number of carbonyl (C=O) groups is 1. The Hall–Kier alpha value is -2.96. The number of hydrogen-bond donors (Lipinski definition) is 1. The molecule has 0 saturated carbocycles. The maximum Gasteiger partial charge on any atom is 0.257 e. The van der Waals surface area contributed by atoms with Gasteiger partial charge in [-0.2, -0.15) is 10.1 Å². The van der Waals surface area contributed by atoms with E-state index in [0.29, 0.717) is 18.1 Å². The van der Waals surface area contributed by atoms with Gasteiger partial charge in [-0.3, -0.25) is 9.48 Å². The molecule has 0 spiro atoms. The molecule has 1 unspecified atom stereocenters. The van der Waals surface area contributed by atoms with E-state index in [2.05, 4.69) is 20.6 Å². The highest BCUT2D eigenvalue weighted by atomic mass is 16.5. The largest absolute Gasteiger partial charge is 0.349 e. The lowest BCUT2D eigenvalue weighted by Crippen LogP contribution is -2.26. The summed E-state index contributed by atoms with van der Waals surface area (Å²) in [5, 5.41) is 11.3. The van der Waals surface area contributed by atoms with Gasteiger partial charge in [0.2, 0.25) is 5.91 Å². The van der Waals surface area contributed by atoms with Gasteiger partial charge in [-0.05, 0) is 45.4 Å². The monoisotopic (exact) mass is 353 g/mol. The summed E-state index contributed by atoms with van der Waals surface area (Å²) in [6, 6.07) is 9.51. The molecule has 7 heteroatoms. The van der Waals surface area contributed by atoms with E-state index in [1.54, 1.807) is 0 Å². The van der Waals surface area contributed by atoms with Gasteiger partial charge in [0.1, 0.15) is 0 Å². The van der Waals surface area contributed by atoms with Crippen molar-refractivity contribution in [1.29, 1.82) is 0 Å². The quantitative estimate of drug-likeness (QED) is 0.736. The van der Waals surface area contributed by atoms with Crippen LogP contribution in [0.3, 0.4) is 0 Å². The molecule has 0 radical (unpaired) electrons. The van der Waals surface area contributed by atoms with E-state index in [0.717, 1.165) is 22.5 Å². The van der Waals surface area contributed by atoms with Crippen molar-refractivity contribution in [2.45, 2.75) is 46.7 Å².